The number of hydrogen-bond donors (Lipinski definition) is 1. The second-order valence-corrected chi connectivity index (χ2v) is 5.93. The molecule has 0 amide bonds. The Morgan fingerprint density at radius 3 is 1.88 bits per heavy atom. The van der Waals surface area contributed by atoms with Gasteiger partial charge in [-0.3, -0.25) is 0 Å². The van der Waals surface area contributed by atoms with Crippen molar-refractivity contribution < 1.29 is 0 Å². The zero-order valence-corrected chi connectivity index (χ0v) is 11.2. The van der Waals surface area contributed by atoms with Crippen molar-refractivity contribution in [3.63, 3.8) is 0 Å². The Hall–Kier alpha value is -0.0400. The fourth-order valence-electron chi connectivity index (χ4n) is 3.94. The summed E-state index contributed by atoms with van der Waals surface area (Å²) in [4.78, 5) is 0. The normalized spacial score (nSPS) is 40.1. The minimum absolute atomic E-state index is 0.843. The van der Waals surface area contributed by atoms with E-state index in [1.807, 2.05) is 0 Å². The molecule has 0 aromatic carbocycles. The van der Waals surface area contributed by atoms with Gasteiger partial charge in [-0.2, -0.15) is 0 Å². The van der Waals surface area contributed by atoms with Crippen molar-refractivity contribution in [2.75, 3.05) is 0 Å². The molecule has 2 aliphatic rings. The molecule has 1 nitrogen and oxygen atoms in total. The van der Waals surface area contributed by atoms with Crippen molar-refractivity contribution >= 4 is 0 Å². The van der Waals surface area contributed by atoms with Gasteiger partial charge < -0.3 is 5.32 Å². The highest BCUT2D eigenvalue weighted by Crippen LogP contribution is 2.32. The van der Waals surface area contributed by atoms with Crippen LogP contribution >= 0.6 is 0 Å². The van der Waals surface area contributed by atoms with Crippen molar-refractivity contribution in [1.82, 2.24) is 5.32 Å². The molecule has 1 heteroatoms. The van der Waals surface area contributed by atoms with Gasteiger partial charge in [0.2, 0.25) is 0 Å². The molecule has 0 aromatic heterocycles. The van der Waals surface area contributed by atoms with E-state index in [1.54, 1.807) is 0 Å². The monoisotopic (exact) mass is 223 g/mol. The van der Waals surface area contributed by atoms with E-state index in [4.69, 9.17) is 0 Å². The van der Waals surface area contributed by atoms with Crippen molar-refractivity contribution in [3.8, 4) is 0 Å². The molecule has 4 unspecified atom stereocenters. The van der Waals surface area contributed by atoms with Gasteiger partial charge in [0.25, 0.3) is 0 Å². The Morgan fingerprint density at radius 1 is 0.750 bits per heavy atom. The summed E-state index contributed by atoms with van der Waals surface area (Å²) in [5.41, 5.74) is 0. The molecule has 2 rings (SSSR count). The minimum atomic E-state index is 0.843. The molecule has 0 heterocycles. The predicted molar refractivity (Wildman–Crippen MR) is 70.6 cm³/mol. The van der Waals surface area contributed by atoms with Gasteiger partial charge in [0.05, 0.1) is 0 Å². The van der Waals surface area contributed by atoms with Gasteiger partial charge in [-0.1, -0.05) is 46.0 Å². The van der Waals surface area contributed by atoms with Gasteiger partial charge in [0.15, 0.2) is 0 Å². The largest absolute Gasteiger partial charge is 0.311 e. The average Bonchev–Trinajstić information content (AvgIpc) is 2.77. The summed E-state index contributed by atoms with van der Waals surface area (Å²) in [6.07, 6.45) is 12.9. The standard InChI is InChI=1S/C15H29N/c1-3-12-8-5-6-10-14(12)16-15-11-7-9-13(15)4-2/h12-16H,3-11H2,1-2H3. The third kappa shape index (κ3) is 2.80. The Balaban J connectivity index is 1.86. The summed E-state index contributed by atoms with van der Waals surface area (Å²) in [6, 6.07) is 1.69. The van der Waals surface area contributed by atoms with E-state index in [2.05, 4.69) is 19.2 Å². The lowest BCUT2D eigenvalue weighted by Crippen LogP contribution is -2.45. The zero-order chi connectivity index (χ0) is 11.4. The summed E-state index contributed by atoms with van der Waals surface area (Å²) < 4.78 is 0. The zero-order valence-electron chi connectivity index (χ0n) is 11.2. The predicted octanol–water partition coefficient (Wildman–Crippen LogP) is 4.12. The molecule has 0 bridgehead atoms. The molecule has 0 radical (unpaired) electrons. The first-order valence-electron chi connectivity index (χ1n) is 7.61. The molecular weight excluding hydrogens is 194 g/mol. The fraction of sp³-hybridized carbons (Fsp3) is 1.00. The Labute approximate surface area is 101 Å². The Kier molecular flexibility index (Phi) is 4.69. The van der Waals surface area contributed by atoms with Crippen LogP contribution in [0.5, 0.6) is 0 Å². The van der Waals surface area contributed by atoms with Crippen molar-refractivity contribution in [3.05, 3.63) is 0 Å². The van der Waals surface area contributed by atoms with E-state index in [1.165, 1.54) is 57.8 Å². The van der Waals surface area contributed by atoms with Crippen LogP contribution in [0.1, 0.15) is 71.6 Å². The number of rotatable bonds is 4. The smallest absolute Gasteiger partial charge is 0.00979 e. The SMILES string of the molecule is CCC1CCCCC1NC1CCCC1CC. The molecule has 2 fully saturated rings. The van der Waals surface area contributed by atoms with E-state index < -0.39 is 0 Å². The lowest BCUT2D eigenvalue weighted by molar-refractivity contribution is 0.219. The lowest BCUT2D eigenvalue weighted by atomic mass is 9.82. The topological polar surface area (TPSA) is 12.0 Å². The van der Waals surface area contributed by atoms with Crippen molar-refractivity contribution in [1.29, 1.82) is 0 Å². The minimum Gasteiger partial charge on any atom is -0.311 e. The molecule has 0 aliphatic heterocycles. The van der Waals surface area contributed by atoms with Crippen molar-refractivity contribution in [2.24, 2.45) is 11.8 Å². The van der Waals surface area contributed by atoms with E-state index in [0.717, 1.165) is 23.9 Å². The van der Waals surface area contributed by atoms with Crippen LogP contribution in [0, 0.1) is 11.8 Å². The summed E-state index contributed by atoms with van der Waals surface area (Å²) in [5, 5.41) is 4.02. The highest BCUT2D eigenvalue weighted by molar-refractivity contribution is 4.88. The first-order valence-corrected chi connectivity index (χ1v) is 7.61. The van der Waals surface area contributed by atoms with Crippen LogP contribution in [-0.4, -0.2) is 12.1 Å². The van der Waals surface area contributed by atoms with Gasteiger partial charge >= 0.3 is 0 Å². The van der Waals surface area contributed by atoms with E-state index in [0.29, 0.717) is 0 Å². The fourth-order valence-corrected chi connectivity index (χ4v) is 3.94. The number of nitrogens with one attached hydrogen (secondary N) is 1. The van der Waals surface area contributed by atoms with Crippen LogP contribution in [0.25, 0.3) is 0 Å². The maximum atomic E-state index is 4.02. The first-order chi connectivity index (χ1) is 7.85. The maximum Gasteiger partial charge on any atom is 0.00979 e. The summed E-state index contributed by atoms with van der Waals surface area (Å²) in [5.74, 6) is 1.94. The lowest BCUT2D eigenvalue weighted by Gasteiger charge is -2.35. The van der Waals surface area contributed by atoms with Crippen LogP contribution in [0.4, 0.5) is 0 Å². The van der Waals surface area contributed by atoms with Gasteiger partial charge in [-0.05, 0) is 37.5 Å². The van der Waals surface area contributed by atoms with Crippen LogP contribution in [0.15, 0.2) is 0 Å². The summed E-state index contributed by atoms with van der Waals surface area (Å²) in [6.45, 7) is 4.74. The molecule has 4 atom stereocenters. The van der Waals surface area contributed by atoms with Gasteiger partial charge in [-0.15, -0.1) is 0 Å². The third-order valence-electron chi connectivity index (χ3n) is 5.05. The number of hydrogen-bond acceptors (Lipinski definition) is 1. The Bertz CT molecular complexity index is 202. The molecule has 1 N–H and O–H groups in total. The van der Waals surface area contributed by atoms with E-state index in [-0.39, 0.29) is 0 Å². The first kappa shape index (κ1) is 12.4. The second kappa shape index (κ2) is 6.05. The van der Waals surface area contributed by atoms with Gasteiger partial charge in [0, 0.05) is 12.1 Å². The van der Waals surface area contributed by atoms with Crippen LogP contribution in [0.3, 0.4) is 0 Å². The molecule has 2 aliphatic carbocycles. The molecule has 2 saturated carbocycles. The van der Waals surface area contributed by atoms with Crippen LogP contribution in [0.2, 0.25) is 0 Å². The molecule has 0 spiro atoms. The van der Waals surface area contributed by atoms with E-state index in [9.17, 15) is 0 Å². The van der Waals surface area contributed by atoms with Crippen LogP contribution < -0.4 is 5.32 Å². The second-order valence-electron chi connectivity index (χ2n) is 5.93. The van der Waals surface area contributed by atoms with Crippen molar-refractivity contribution in [2.45, 2.75) is 83.7 Å². The molecule has 94 valence electrons. The molecule has 16 heavy (non-hydrogen) atoms. The van der Waals surface area contributed by atoms with Gasteiger partial charge in [-0.25, -0.2) is 0 Å². The molecule has 0 saturated heterocycles. The highest BCUT2D eigenvalue weighted by atomic mass is 15.0. The Morgan fingerprint density at radius 2 is 1.25 bits per heavy atom. The summed E-state index contributed by atoms with van der Waals surface area (Å²) >= 11 is 0. The maximum absolute atomic E-state index is 4.02. The molecule has 0 aromatic rings. The molecular formula is C15H29N. The van der Waals surface area contributed by atoms with Crippen LogP contribution in [-0.2, 0) is 0 Å². The summed E-state index contributed by atoms with van der Waals surface area (Å²) in [7, 11) is 0. The van der Waals surface area contributed by atoms with Gasteiger partial charge in [0.1, 0.15) is 0 Å². The van der Waals surface area contributed by atoms with E-state index >= 15 is 0 Å². The highest BCUT2D eigenvalue weighted by Gasteiger charge is 2.31. The quantitative estimate of drug-likeness (QED) is 0.756. The average molecular weight is 223 g/mol. The third-order valence-corrected chi connectivity index (χ3v) is 5.05.